The molecule has 4 N–H and O–H groups in total. The molecule has 0 spiro atoms. The summed E-state index contributed by atoms with van der Waals surface area (Å²) in [5, 5.41) is 8.55. The quantitative estimate of drug-likeness (QED) is 0.365. The van der Waals surface area contributed by atoms with Crippen LogP contribution in [0.3, 0.4) is 0 Å². The van der Waals surface area contributed by atoms with Gasteiger partial charge in [0.05, 0.1) is 19.0 Å². The normalized spacial score (nSPS) is 21.0. The third-order valence-corrected chi connectivity index (χ3v) is 6.36. The van der Waals surface area contributed by atoms with Crippen LogP contribution in [0.4, 0.5) is 19.1 Å². The maximum absolute atomic E-state index is 13.0. The highest BCUT2D eigenvalue weighted by Crippen LogP contribution is 2.40. The number of halogens is 3. The van der Waals surface area contributed by atoms with E-state index in [1.165, 1.54) is 0 Å². The summed E-state index contributed by atoms with van der Waals surface area (Å²) in [7, 11) is 0. The average Bonchev–Trinajstić information content (AvgIpc) is 3.15. The number of anilines is 1. The fourth-order valence-corrected chi connectivity index (χ4v) is 4.59. The molecule has 3 heterocycles. The average molecular weight is 467 g/mol. The number of nitrogens with zero attached hydrogens (tertiary/aromatic N) is 4. The molecule has 0 amide bonds. The molecule has 7 nitrogen and oxygen atoms in total. The summed E-state index contributed by atoms with van der Waals surface area (Å²) in [6.45, 7) is 3.35. The molecule has 1 aliphatic carbocycles. The Hall–Kier alpha value is -2.69. The van der Waals surface area contributed by atoms with Crippen LogP contribution in [0.2, 0.25) is 0 Å². The molecule has 11 heteroatoms. The first-order valence-corrected chi connectivity index (χ1v) is 11.1. The molecule has 172 valence electrons. The van der Waals surface area contributed by atoms with Gasteiger partial charge in [0.1, 0.15) is 0 Å². The summed E-state index contributed by atoms with van der Waals surface area (Å²) in [6, 6.07) is 3.95. The highest BCUT2D eigenvalue weighted by Gasteiger charge is 2.39. The molecule has 0 saturated carbocycles. The number of nitrogens with two attached hydrogens (primary N) is 1. The SMILES string of the molecule is C/C(N)=[NH+]/C(=S)N1CCC(Nc2nc3c(C4=CCC(C(F)(F)F)CC4)cccn3n2)CC1. The summed E-state index contributed by atoms with van der Waals surface area (Å²) in [6.07, 6.45) is 1.60. The van der Waals surface area contributed by atoms with Crippen molar-refractivity contribution >= 4 is 40.3 Å². The molecule has 32 heavy (non-hydrogen) atoms. The maximum atomic E-state index is 13.0. The van der Waals surface area contributed by atoms with E-state index < -0.39 is 12.1 Å². The van der Waals surface area contributed by atoms with Crippen LogP contribution < -0.4 is 16.0 Å². The smallest absolute Gasteiger partial charge is 0.350 e. The molecule has 4 rings (SSSR count). The molecule has 0 bridgehead atoms. The van der Waals surface area contributed by atoms with Gasteiger partial charge in [-0.2, -0.15) is 18.2 Å². The Morgan fingerprint density at radius 3 is 2.66 bits per heavy atom. The van der Waals surface area contributed by atoms with Crippen LogP contribution in [0.15, 0.2) is 24.4 Å². The molecule has 1 aliphatic heterocycles. The Labute approximate surface area is 189 Å². The number of hydrogen-bond acceptors (Lipinski definition) is 4. The van der Waals surface area contributed by atoms with Gasteiger partial charge in [-0.25, -0.2) is 9.51 Å². The van der Waals surface area contributed by atoms with Crippen LogP contribution in [0.1, 0.15) is 44.6 Å². The van der Waals surface area contributed by atoms with Crippen molar-refractivity contribution < 1.29 is 18.2 Å². The van der Waals surface area contributed by atoms with Gasteiger partial charge < -0.3 is 11.1 Å². The van der Waals surface area contributed by atoms with Gasteiger partial charge in [0.25, 0.3) is 5.11 Å². The minimum absolute atomic E-state index is 0.00979. The number of fused-ring (bicyclic) bond motifs is 1. The van der Waals surface area contributed by atoms with E-state index in [1.54, 1.807) is 23.7 Å². The maximum Gasteiger partial charge on any atom is 0.392 e. The molecule has 2 aromatic heterocycles. The number of piperidine rings is 1. The zero-order valence-corrected chi connectivity index (χ0v) is 18.6. The van der Waals surface area contributed by atoms with E-state index in [9.17, 15) is 13.2 Å². The number of aromatic nitrogens is 3. The zero-order valence-electron chi connectivity index (χ0n) is 17.8. The fourth-order valence-electron chi connectivity index (χ4n) is 4.25. The third kappa shape index (κ3) is 5.03. The predicted molar refractivity (Wildman–Crippen MR) is 121 cm³/mol. The summed E-state index contributed by atoms with van der Waals surface area (Å²) in [5.74, 6) is -0.170. The summed E-state index contributed by atoms with van der Waals surface area (Å²) in [5.41, 5.74) is 8.06. The Kier molecular flexibility index (Phi) is 6.36. The van der Waals surface area contributed by atoms with E-state index in [1.807, 2.05) is 12.1 Å². The van der Waals surface area contributed by atoms with E-state index in [4.69, 9.17) is 18.0 Å². The van der Waals surface area contributed by atoms with E-state index in [0.29, 0.717) is 29.0 Å². The first-order chi connectivity index (χ1) is 15.2. The topological polar surface area (TPSA) is 85.5 Å². The molecule has 0 aromatic carbocycles. The minimum Gasteiger partial charge on any atom is -0.350 e. The van der Waals surface area contributed by atoms with Crippen LogP contribution in [0.25, 0.3) is 11.2 Å². The predicted octanol–water partition coefficient (Wildman–Crippen LogP) is 2.09. The molecule has 1 atom stereocenters. The second-order valence-electron chi connectivity index (χ2n) is 8.39. The largest absolute Gasteiger partial charge is 0.392 e. The number of alkyl halides is 3. The number of nitrogens with one attached hydrogen (secondary N) is 2. The first kappa shape index (κ1) is 22.5. The zero-order chi connectivity index (χ0) is 22.9. The Bertz CT molecular complexity index is 1050. The van der Waals surface area contributed by atoms with Gasteiger partial charge in [0.15, 0.2) is 11.5 Å². The van der Waals surface area contributed by atoms with Gasteiger partial charge in [-0.3, -0.25) is 4.90 Å². The number of thiocarbonyl (C=S) groups is 1. The lowest BCUT2D eigenvalue weighted by Gasteiger charge is -2.29. The van der Waals surface area contributed by atoms with Crippen molar-refractivity contribution in [2.45, 2.75) is 51.2 Å². The molecule has 1 saturated heterocycles. The van der Waals surface area contributed by atoms with E-state index in [0.717, 1.165) is 37.1 Å². The van der Waals surface area contributed by atoms with Gasteiger partial charge in [-0.1, -0.05) is 6.08 Å². The number of amidine groups is 1. The lowest BCUT2D eigenvalue weighted by Crippen LogP contribution is -2.82. The number of pyridine rings is 1. The Balaban J connectivity index is 1.44. The van der Waals surface area contributed by atoms with Gasteiger partial charge in [-0.05, 0) is 62.0 Å². The fraction of sp³-hybridized carbons (Fsp3) is 0.524. The van der Waals surface area contributed by atoms with Crippen molar-refractivity contribution in [3.8, 4) is 0 Å². The Morgan fingerprint density at radius 1 is 1.28 bits per heavy atom. The molecule has 2 aromatic rings. The monoisotopic (exact) mass is 466 g/mol. The van der Waals surface area contributed by atoms with E-state index in [2.05, 4.69) is 25.3 Å². The number of likely N-dealkylation sites (tertiary alicyclic amines) is 1. The number of hydrogen-bond donors (Lipinski definition) is 3. The first-order valence-electron chi connectivity index (χ1n) is 10.7. The van der Waals surface area contributed by atoms with Crippen molar-refractivity contribution in [3.63, 3.8) is 0 Å². The lowest BCUT2D eigenvalue weighted by molar-refractivity contribution is -0.328. The molecule has 1 fully saturated rings. The number of rotatable bonds is 3. The van der Waals surface area contributed by atoms with E-state index >= 15 is 0 Å². The van der Waals surface area contributed by atoms with Crippen LogP contribution >= 0.6 is 12.2 Å². The van der Waals surface area contributed by atoms with Crippen LogP contribution in [-0.4, -0.2) is 55.8 Å². The van der Waals surface area contributed by atoms with Crippen LogP contribution in [0, 0.1) is 5.92 Å². The highest BCUT2D eigenvalue weighted by atomic mass is 32.1. The Morgan fingerprint density at radius 2 is 2.03 bits per heavy atom. The molecule has 0 radical (unpaired) electrons. The summed E-state index contributed by atoms with van der Waals surface area (Å²) < 4.78 is 40.7. The van der Waals surface area contributed by atoms with Crippen molar-refractivity contribution in [2.24, 2.45) is 11.7 Å². The van der Waals surface area contributed by atoms with Gasteiger partial charge >= 0.3 is 6.18 Å². The highest BCUT2D eigenvalue weighted by molar-refractivity contribution is 7.79. The van der Waals surface area contributed by atoms with Crippen molar-refractivity contribution in [3.05, 3.63) is 30.0 Å². The van der Waals surface area contributed by atoms with E-state index in [-0.39, 0.29) is 18.9 Å². The summed E-state index contributed by atoms with van der Waals surface area (Å²) >= 11 is 5.36. The second-order valence-corrected chi connectivity index (χ2v) is 8.77. The van der Waals surface area contributed by atoms with Gasteiger partial charge in [0.2, 0.25) is 5.95 Å². The standard InChI is InChI=1S/C21H26F3N7S/c1-13(25)26-20(32)30-11-8-16(9-12-30)27-19-28-18-17(3-2-10-31(18)29-19)14-4-6-15(7-5-14)21(22,23)24/h2-4,10,15-16H,5-9,11-12H2,1H3,(H,27,29)(H2,25,26,32)/p+1. The molecule has 1 unspecified atom stereocenters. The molecular formula is C21H27F3N7S+. The minimum atomic E-state index is -4.14. The lowest BCUT2D eigenvalue weighted by atomic mass is 9.86. The van der Waals surface area contributed by atoms with Gasteiger partial charge in [0, 0.05) is 24.7 Å². The van der Waals surface area contributed by atoms with Gasteiger partial charge in [-0.15, -0.1) is 5.10 Å². The van der Waals surface area contributed by atoms with Crippen LogP contribution in [-0.2, 0) is 0 Å². The van der Waals surface area contributed by atoms with Crippen molar-refractivity contribution in [1.29, 1.82) is 0 Å². The van der Waals surface area contributed by atoms with Crippen molar-refractivity contribution in [2.75, 3.05) is 18.4 Å². The second kappa shape index (κ2) is 9.05. The van der Waals surface area contributed by atoms with Crippen molar-refractivity contribution in [1.82, 2.24) is 19.5 Å². The third-order valence-electron chi connectivity index (χ3n) is 6.00. The molecule has 2 aliphatic rings. The molecular weight excluding hydrogens is 439 g/mol. The summed E-state index contributed by atoms with van der Waals surface area (Å²) in [4.78, 5) is 9.71. The number of allylic oxidation sites excluding steroid dienone is 2. The van der Waals surface area contributed by atoms with Crippen LogP contribution in [0.5, 0.6) is 0 Å².